The van der Waals surface area contributed by atoms with Crippen LogP contribution in [0.4, 0.5) is 10.5 Å². The van der Waals surface area contributed by atoms with Crippen molar-refractivity contribution in [3.05, 3.63) is 61.6 Å². The average molecular weight is 518 g/mol. The standard InChI is InChI=1S/C20H22Cl2IN3O/c1-26(19(27)25-18-11-15(21)10-16(22)12-18)13-20(6-8-24-9-7-20)14-2-4-17(23)5-3-14/h2-5,10-12,24H,6-9,13H2,1H3,(H,25,27). The van der Waals surface area contributed by atoms with Crippen LogP contribution in [0.5, 0.6) is 0 Å². The van der Waals surface area contributed by atoms with E-state index in [9.17, 15) is 4.79 Å². The van der Waals surface area contributed by atoms with E-state index in [-0.39, 0.29) is 11.4 Å². The van der Waals surface area contributed by atoms with Gasteiger partial charge in [-0.05, 0) is 84.4 Å². The highest BCUT2D eigenvalue weighted by atomic mass is 127. The van der Waals surface area contributed by atoms with Crippen molar-refractivity contribution in [3.8, 4) is 0 Å². The molecule has 2 aromatic carbocycles. The summed E-state index contributed by atoms with van der Waals surface area (Å²) in [6, 6.07) is 13.5. The van der Waals surface area contributed by atoms with Gasteiger partial charge in [-0.3, -0.25) is 0 Å². The molecule has 27 heavy (non-hydrogen) atoms. The lowest BCUT2D eigenvalue weighted by atomic mass is 9.73. The second-order valence-electron chi connectivity index (χ2n) is 6.98. The minimum Gasteiger partial charge on any atom is -0.327 e. The quantitative estimate of drug-likeness (QED) is 0.534. The van der Waals surface area contributed by atoms with Crippen molar-refractivity contribution >= 4 is 57.5 Å². The SMILES string of the molecule is CN(CC1(c2ccc(I)cc2)CCNCC1)C(=O)Nc1cc(Cl)cc(Cl)c1. The molecule has 1 fully saturated rings. The molecule has 3 rings (SSSR count). The van der Waals surface area contributed by atoms with E-state index in [1.165, 1.54) is 9.13 Å². The van der Waals surface area contributed by atoms with E-state index in [0.29, 0.717) is 22.3 Å². The van der Waals surface area contributed by atoms with Crippen LogP contribution in [0, 0.1) is 3.57 Å². The second-order valence-corrected chi connectivity index (χ2v) is 9.10. The summed E-state index contributed by atoms with van der Waals surface area (Å²) in [5, 5.41) is 7.31. The first kappa shape index (κ1) is 20.7. The molecule has 0 atom stereocenters. The van der Waals surface area contributed by atoms with Crippen molar-refractivity contribution in [2.45, 2.75) is 18.3 Å². The van der Waals surface area contributed by atoms with E-state index in [4.69, 9.17) is 23.2 Å². The number of nitrogens with zero attached hydrogens (tertiary/aromatic N) is 1. The Hall–Kier alpha value is -1.02. The van der Waals surface area contributed by atoms with Gasteiger partial charge >= 0.3 is 6.03 Å². The largest absolute Gasteiger partial charge is 0.327 e. The monoisotopic (exact) mass is 517 g/mol. The molecular formula is C20H22Cl2IN3O. The van der Waals surface area contributed by atoms with Crippen molar-refractivity contribution < 1.29 is 4.79 Å². The van der Waals surface area contributed by atoms with E-state index in [0.717, 1.165) is 25.9 Å². The Bertz CT molecular complexity index is 787. The number of rotatable bonds is 4. The first-order valence-electron chi connectivity index (χ1n) is 8.83. The molecule has 7 heteroatoms. The van der Waals surface area contributed by atoms with Crippen molar-refractivity contribution in [1.29, 1.82) is 0 Å². The molecule has 0 spiro atoms. The normalized spacial score (nSPS) is 16.0. The Labute approximate surface area is 183 Å². The van der Waals surface area contributed by atoms with Gasteiger partial charge in [0.2, 0.25) is 0 Å². The number of likely N-dealkylation sites (N-methyl/N-ethyl adjacent to an activating group) is 1. The van der Waals surface area contributed by atoms with E-state index < -0.39 is 0 Å². The number of halogens is 3. The van der Waals surface area contributed by atoms with Gasteiger partial charge < -0.3 is 15.5 Å². The molecule has 4 nitrogen and oxygen atoms in total. The van der Waals surface area contributed by atoms with Crippen LogP contribution in [0.1, 0.15) is 18.4 Å². The summed E-state index contributed by atoms with van der Waals surface area (Å²) in [7, 11) is 1.83. The van der Waals surface area contributed by atoms with E-state index in [2.05, 4.69) is 57.5 Å². The van der Waals surface area contributed by atoms with Gasteiger partial charge in [0.15, 0.2) is 0 Å². The van der Waals surface area contributed by atoms with Gasteiger partial charge in [-0.1, -0.05) is 35.3 Å². The smallest absolute Gasteiger partial charge is 0.321 e. The number of piperidine rings is 1. The van der Waals surface area contributed by atoms with E-state index in [1.807, 2.05) is 7.05 Å². The maximum Gasteiger partial charge on any atom is 0.321 e. The number of amides is 2. The highest BCUT2D eigenvalue weighted by Crippen LogP contribution is 2.35. The topological polar surface area (TPSA) is 44.4 Å². The molecule has 0 aromatic heterocycles. The molecule has 0 aliphatic carbocycles. The Morgan fingerprint density at radius 2 is 1.74 bits per heavy atom. The van der Waals surface area contributed by atoms with Crippen LogP contribution in [0.15, 0.2) is 42.5 Å². The maximum absolute atomic E-state index is 12.7. The zero-order valence-corrected chi connectivity index (χ0v) is 18.7. The van der Waals surface area contributed by atoms with Crippen LogP contribution in [-0.2, 0) is 5.41 Å². The number of nitrogens with one attached hydrogen (secondary N) is 2. The van der Waals surface area contributed by atoms with Crippen molar-refractivity contribution in [3.63, 3.8) is 0 Å². The van der Waals surface area contributed by atoms with Gasteiger partial charge in [0.05, 0.1) is 0 Å². The lowest BCUT2D eigenvalue weighted by molar-refractivity contribution is 0.191. The molecule has 1 saturated heterocycles. The molecule has 0 unspecified atom stereocenters. The first-order valence-corrected chi connectivity index (χ1v) is 10.7. The Balaban J connectivity index is 1.76. The number of carbonyl (C=O) groups is 1. The first-order chi connectivity index (χ1) is 12.9. The summed E-state index contributed by atoms with van der Waals surface area (Å²) in [5.41, 5.74) is 1.83. The zero-order valence-electron chi connectivity index (χ0n) is 15.1. The van der Waals surface area contributed by atoms with Gasteiger partial charge in [0, 0.05) is 38.3 Å². The van der Waals surface area contributed by atoms with Crippen molar-refractivity contribution in [1.82, 2.24) is 10.2 Å². The number of benzene rings is 2. The fourth-order valence-corrected chi connectivity index (χ4v) is 4.50. The molecule has 2 aromatic rings. The van der Waals surface area contributed by atoms with Crippen LogP contribution in [0.3, 0.4) is 0 Å². The molecule has 144 valence electrons. The molecule has 1 aliphatic heterocycles. The van der Waals surface area contributed by atoms with Crippen LogP contribution < -0.4 is 10.6 Å². The van der Waals surface area contributed by atoms with Crippen LogP contribution in [-0.4, -0.2) is 37.6 Å². The highest BCUT2D eigenvalue weighted by Gasteiger charge is 2.36. The average Bonchev–Trinajstić information content (AvgIpc) is 2.62. The summed E-state index contributed by atoms with van der Waals surface area (Å²) in [4.78, 5) is 14.5. The lowest BCUT2D eigenvalue weighted by Crippen LogP contribution is -2.49. The van der Waals surface area contributed by atoms with Gasteiger partial charge in [-0.15, -0.1) is 0 Å². The Morgan fingerprint density at radius 1 is 1.15 bits per heavy atom. The van der Waals surface area contributed by atoms with Crippen LogP contribution >= 0.6 is 45.8 Å². The van der Waals surface area contributed by atoms with E-state index in [1.54, 1.807) is 23.1 Å². The minimum absolute atomic E-state index is 0.0480. The molecule has 2 N–H and O–H groups in total. The third-order valence-corrected chi connectivity index (χ3v) is 6.17. The van der Waals surface area contributed by atoms with Crippen LogP contribution in [0.2, 0.25) is 10.0 Å². The lowest BCUT2D eigenvalue weighted by Gasteiger charge is -2.41. The number of anilines is 1. The summed E-state index contributed by atoms with van der Waals surface area (Å²) < 4.78 is 1.21. The molecule has 2 amide bonds. The predicted octanol–water partition coefficient (Wildman–Crippen LogP) is 5.38. The molecular weight excluding hydrogens is 496 g/mol. The molecule has 0 saturated carbocycles. The van der Waals surface area contributed by atoms with Gasteiger partial charge in [0.1, 0.15) is 0 Å². The number of urea groups is 1. The predicted molar refractivity (Wildman–Crippen MR) is 121 cm³/mol. The van der Waals surface area contributed by atoms with Gasteiger partial charge in [-0.25, -0.2) is 4.79 Å². The number of hydrogen-bond donors (Lipinski definition) is 2. The van der Waals surface area contributed by atoms with Crippen molar-refractivity contribution in [2.24, 2.45) is 0 Å². The van der Waals surface area contributed by atoms with Crippen molar-refractivity contribution in [2.75, 3.05) is 32.0 Å². The second kappa shape index (κ2) is 8.99. The van der Waals surface area contributed by atoms with Gasteiger partial charge in [0.25, 0.3) is 0 Å². The van der Waals surface area contributed by atoms with E-state index >= 15 is 0 Å². The zero-order chi connectivity index (χ0) is 19.4. The number of carbonyl (C=O) groups excluding carboxylic acids is 1. The highest BCUT2D eigenvalue weighted by molar-refractivity contribution is 14.1. The van der Waals surface area contributed by atoms with Crippen LogP contribution in [0.25, 0.3) is 0 Å². The summed E-state index contributed by atoms with van der Waals surface area (Å²) in [5.74, 6) is 0. The Kier molecular flexibility index (Phi) is 6.89. The van der Waals surface area contributed by atoms with Gasteiger partial charge in [-0.2, -0.15) is 0 Å². The maximum atomic E-state index is 12.7. The number of hydrogen-bond acceptors (Lipinski definition) is 2. The fourth-order valence-electron chi connectivity index (χ4n) is 3.62. The third kappa shape index (κ3) is 5.28. The summed E-state index contributed by atoms with van der Waals surface area (Å²) >= 11 is 14.4. The summed E-state index contributed by atoms with van der Waals surface area (Å²) in [6.45, 7) is 2.55. The third-order valence-electron chi connectivity index (χ3n) is 5.02. The molecule has 1 heterocycles. The summed E-state index contributed by atoms with van der Waals surface area (Å²) in [6.07, 6.45) is 1.99. The molecule has 0 bridgehead atoms. The Morgan fingerprint density at radius 3 is 2.33 bits per heavy atom. The molecule has 0 radical (unpaired) electrons. The molecule has 1 aliphatic rings. The fraction of sp³-hybridized carbons (Fsp3) is 0.350. The minimum atomic E-state index is -0.170.